The summed E-state index contributed by atoms with van der Waals surface area (Å²) in [5, 5.41) is 0. The molecule has 2 aromatic rings. The van der Waals surface area contributed by atoms with Gasteiger partial charge in [0, 0.05) is 6.21 Å². The first kappa shape index (κ1) is 16.0. The van der Waals surface area contributed by atoms with Crippen molar-refractivity contribution in [3.05, 3.63) is 65.2 Å². The number of aryl methyl sites for hydroxylation is 1. The van der Waals surface area contributed by atoms with E-state index in [2.05, 4.69) is 43.1 Å². The Bertz CT molecular complexity index is 659. The van der Waals surface area contributed by atoms with E-state index < -0.39 is 0 Å². The predicted octanol–water partition coefficient (Wildman–Crippen LogP) is 4.36. The molecule has 0 aromatic heterocycles. The molecule has 0 saturated heterocycles. The molecule has 0 fully saturated rings. The highest BCUT2D eigenvalue weighted by Crippen LogP contribution is 2.20. The molecule has 3 heteroatoms. The van der Waals surface area contributed by atoms with Crippen molar-refractivity contribution in [1.82, 2.24) is 0 Å². The number of ether oxygens (including phenoxy) is 1. The van der Waals surface area contributed by atoms with Crippen LogP contribution in [0.5, 0.6) is 0 Å². The van der Waals surface area contributed by atoms with Crippen molar-refractivity contribution in [2.24, 2.45) is 10.9 Å². The molecule has 0 aliphatic carbocycles. The summed E-state index contributed by atoms with van der Waals surface area (Å²) in [6.45, 7) is 4.20. The van der Waals surface area contributed by atoms with Gasteiger partial charge in [-0.2, -0.15) is 0 Å². The summed E-state index contributed by atoms with van der Waals surface area (Å²) in [5.41, 5.74) is 3.68. The summed E-state index contributed by atoms with van der Waals surface area (Å²) in [4.78, 5) is 16.2. The zero-order valence-electron chi connectivity index (χ0n) is 13.2. The maximum Gasteiger partial charge on any atom is 0.340 e. The Morgan fingerprint density at radius 2 is 1.86 bits per heavy atom. The molecule has 22 heavy (non-hydrogen) atoms. The number of carbonyl (C=O) groups is 1. The Morgan fingerprint density at radius 1 is 1.18 bits per heavy atom. The highest BCUT2D eigenvalue weighted by Gasteiger charge is 2.10. The van der Waals surface area contributed by atoms with Crippen LogP contribution in [-0.4, -0.2) is 19.3 Å². The molecule has 0 N–H and O–H groups in total. The number of nitrogens with zero attached hydrogens (tertiary/aromatic N) is 1. The largest absolute Gasteiger partial charge is 0.465 e. The van der Waals surface area contributed by atoms with E-state index >= 15 is 0 Å². The first-order valence-corrected chi connectivity index (χ1v) is 7.37. The van der Waals surface area contributed by atoms with Crippen LogP contribution in [0.3, 0.4) is 0 Å². The predicted molar refractivity (Wildman–Crippen MR) is 90.0 cm³/mol. The topological polar surface area (TPSA) is 38.7 Å². The van der Waals surface area contributed by atoms with Crippen LogP contribution in [0.15, 0.2) is 53.5 Å². The third kappa shape index (κ3) is 4.29. The number of methoxy groups -OCH3 is 1. The number of hydrogen-bond donors (Lipinski definition) is 0. The molecule has 0 radical (unpaired) electrons. The van der Waals surface area contributed by atoms with Crippen molar-refractivity contribution in [3.63, 3.8) is 0 Å². The summed E-state index contributed by atoms with van der Waals surface area (Å²) >= 11 is 0. The van der Waals surface area contributed by atoms with Gasteiger partial charge in [-0.3, -0.25) is 4.99 Å². The maximum atomic E-state index is 11.7. The molecule has 0 saturated carbocycles. The summed E-state index contributed by atoms with van der Waals surface area (Å²) < 4.78 is 4.78. The molecule has 0 aliphatic rings. The van der Waals surface area contributed by atoms with Gasteiger partial charge in [0.15, 0.2) is 0 Å². The molecule has 2 aromatic carbocycles. The third-order valence-electron chi connectivity index (χ3n) is 3.46. The SMILES string of the molecule is COC(=O)c1ccccc1N=CC(C)Cc1ccc(C)cc1. The van der Waals surface area contributed by atoms with Crippen molar-refractivity contribution in [3.8, 4) is 0 Å². The van der Waals surface area contributed by atoms with Crippen molar-refractivity contribution in [2.75, 3.05) is 7.11 Å². The van der Waals surface area contributed by atoms with E-state index in [4.69, 9.17) is 4.74 Å². The fourth-order valence-electron chi connectivity index (χ4n) is 2.22. The van der Waals surface area contributed by atoms with Crippen LogP contribution >= 0.6 is 0 Å². The molecular formula is C19H21NO2. The third-order valence-corrected chi connectivity index (χ3v) is 3.46. The second-order valence-corrected chi connectivity index (χ2v) is 5.45. The minimum absolute atomic E-state index is 0.286. The number of para-hydroxylation sites is 1. The maximum absolute atomic E-state index is 11.7. The summed E-state index contributed by atoms with van der Waals surface area (Å²) in [5.74, 6) is -0.0765. The fraction of sp³-hybridized carbons (Fsp3) is 0.263. The number of aliphatic imine (C=N–C) groups is 1. The van der Waals surface area contributed by atoms with Gasteiger partial charge < -0.3 is 4.74 Å². The van der Waals surface area contributed by atoms with Crippen LogP contribution in [0.25, 0.3) is 0 Å². The molecular weight excluding hydrogens is 274 g/mol. The fourth-order valence-corrected chi connectivity index (χ4v) is 2.22. The molecule has 3 nitrogen and oxygen atoms in total. The van der Waals surface area contributed by atoms with Crippen molar-refractivity contribution in [1.29, 1.82) is 0 Å². The standard InChI is InChI=1S/C19H21NO2/c1-14-8-10-16(11-9-14)12-15(2)13-20-18-7-5-4-6-17(18)19(21)22-3/h4-11,13,15H,12H2,1-3H3. The number of hydrogen-bond acceptors (Lipinski definition) is 3. The lowest BCUT2D eigenvalue weighted by molar-refractivity contribution is 0.0601. The van der Waals surface area contributed by atoms with Gasteiger partial charge in [-0.25, -0.2) is 4.79 Å². The van der Waals surface area contributed by atoms with Crippen LogP contribution in [0.4, 0.5) is 5.69 Å². The molecule has 0 spiro atoms. The van der Waals surface area contributed by atoms with Gasteiger partial charge in [0.05, 0.1) is 18.4 Å². The first-order valence-electron chi connectivity index (χ1n) is 7.37. The van der Waals surface area contributed by atoms with Crippen molar-refractivity contribution >= 4 is 17.9 Å². The van der Waals surface area contributed by atoms with Gasteiger partial charge in [-0.05, 0) is 37.0 Å². The summed E-state index contributed by atoms with van der Waals surface area (Å²) in [7, 11) is 1.38. The number of esters is 1. The Kier molecular flexibility index (Phi) is 5.48. The number of rotatable bonds is 5. The molecule has 1 unspecified atom stereocenters. The molecule has 0 aliphatic heterocycles. The van der Waals surface area contributed by atoms with Crippen LogP contribution in [-0.2, 0) is 11.2 Å². The summed E-state index contributed by atoms with van der Waals surface area (Å²) in [6.07, 6.45) is 2.81. The molecule has 2 rings (SSSR count). The zero-order chi connectivity index (χ0) is 15.9. The van der Waals surface area contributed by atoms with E-state index in [9.17, 15) is 4.79 Å². The van der Waals surface area contributed by atoms with Gasteiger partial charge in [-0.1, -0.05) is 48.9 Å². The molecule has 0 heterocycles. The minimum atomic E-state index is -0.362. The highest BCUT2D eigenvalue weighted by atomic mass is 16.5. The lowest BCUT2D eigenvalue weighted by Gasteiger charge is -2.07. The quantitative estimate of drug-likeness (QED) is 0.607. The Balaban J connectivity index is 2.08. The monoisotopic (exact) mass is 295 g/mol. The van der Waals surface area contributed by atoms with Gasteiger partial charge in [-0.15, -0.1) is 0 Å². The van der Waals surface area contributed by atoms with Gasteiger partial charge in [0.2, 0.25) is 0 Å². The average Bonchev–Trinajstić information content (AvgIpc) is 2.54. The second-order valence-electron chi connectivity index (χ2n) is 5.45. The normalized spacial score (nSPS) is 12.3. The van der Waals surface area contributed by atoms with Gasteiger partial charge in [0.25, 0.3) is 0 Å². The van der Waals surface area contributed by atoms with E-state index in [-0.39, 0.29) is 11.9 Å². The molecule has 114 valence electrons. The van der Waals surface area contributed by atoms with Gasteiger partial charge in [0.1, 0.15) is 0 Å². The van der Waals surface area contributed by atoms with Crippen LogP contribution in [0.1, 0.15) is 28.4 Å². The van der Waals surface area contributed by atoms with Crippen LogP contribution in [0, 0.1) is 12.8 Å². The Labute approximate surface area is 131 Å². The second kappa shape index (κ2) is 7.55. The smallest absolute Gasteiger partial charge is 0.340 e. The number of carbonyl (C=O) groups excluding carboxylic acids is 1. The lowest BCUT2D eigenvalue weighted by atomic mass is 10.0. The number of benzene rings is 2. The highest BCUT2D eigenvalue weighted by molar-refractivity contribution is 5.95. The Morgan fingerprint density at radius 3 is 2.55 bits per heavy atom. The van der Waals surface area contributed by atoms with Crippen LogP contribution < -0.4 is 0 Å². The molecule has 0 amide bonds. The van der Waals surface area contributed by atoms with E-state index in [1.54, 1.807) is 12.1 Å². The van der Waals surface area contributed by atoms with E-state index in [0.717, 1.165) is 6.42 Å². The van der Waals surface area contributed by atoms with E-state index in [1.165, 1.54) is 18.2 Å². The van der Waals surface area contributed by atoms with Crippen molar-refractivity contribution < 1.29 is 9.53 Å². The van der Waals surface area contributed by atoms with Crippen LogP contribution in [0.2, 0.25) is 0 Å². The van der Waals surface area contributed by atoms with E-state index in [1.807, 2.05) is 18.3 Å². The first-order chi connectivity index (χ1) is 10.6. The van der Waals surface area contributed by atoms with Gasteiger partial charge >= 0.3 is 5.97 Å². The van der Waals surface area contributed by atoms with Crippen molar-refractivity contribution in [2.45, 2.75) is 20.3 Å². The minimum Gasteiger partial charge on any atom is -0.465 e. The molecule has 0 bridgehead atoms. The lowest BCUT2D eigenvalue weighted by Crippen LogP contribution is -2.03. The Hall–Kier alpha value is -2.42. The summed E-state index contributed by atoms with van der Waals surface area (Å²) in [6, 6.07) is 15.7. The molecule has 1 atom stereocenters. The average molecular weight is 295 g/mol. The van der Waals surface area contributed by atoms with E-state index in [0.29, 0.717) is 11.3 Å². The zero-order valence-corrected chi connectivity index (χ0v) is 13.2.